The van der Waals surface area contributed by atoms with Gasteiger partial charge in [0, 0.05) is 48.9 Å². The second-order valence-electron chi connectivity index (χ2n) is 7.24. The Morgan fingerprint density at radius 1 is 1.00 bits per heavy atom. The number of sulfonamides is 1. The van der Waals surface area contributed by atoms with E-state index in [1.165, 1.54) is 34.3 Å². The van der Waals surface area contributed by atoms with Gasteiger partial charge in [-0.2, -0.15) is 17.5 Å². The number of nitrogens with zero attached hydrogens (tertiary/aromatic N) is 2. The monoisotopic (exact) mass is 471 g/mol. The van der Waals surface area contributed by atoms with E-state index in [-0.39, 0.29) is 37.0 Å². The number of amides is 1. The summed E-state index contributed by atoms with van der Waals surface area (Å²) in [7, 11) is -3.80. The van der Waals surface area contributed by atoms with Gasteiger partial charge in [-0.05, 0) is 36.4 Å². The fraction of sp³-hybridized carbons (Fsp3) is 0.350. The molecule has 166 valence electrons. The van der Waals surface area contributed by atoms with Gasteiger partial charge in [-0.25, -0.2) is 8.42 Å². The van der Waals surface area contributed by atoms with E-state index in [0.717, 1.165) is 17.0 Å². The Bertz CT molecular complexity index is 1100. The van der Waals surface area contributed by atoms with Crippen LogP contribution in [0.3, 0.4) is 0 Å². The average Bonchev–Trinajstić information content (AvgIpc) is 2.93. The van der Waals surface area contributed by atoms with E-state index in [0.29, 0.717) is 23.5 Å². The lowest BCUT2D eigenvalue weighted by Crippen LogP contribution is -2.48. The fourth-order valence-electron chi connectivity index (χ4n) is 3.57. The zero-order valence-corrected chi connectivity index (χ0v) is 18.0. The summed E-state index contributed by atoms with van der Waals surface area (Å²) >= 11 is 1.49. The van der Waals surface area contributed by atoms with Crippen LogP contribution in [0.5, 0.6) is 0 Å². The third kappa shape index (κ3) is 4.68. The molecule has 0 aliphatic carbocycles. The number of hydrogen-bond donors (Lipinski definition) is 1. The number of alkyl halides is 3. The van der Waals surface area contributed by atoms with Crippen molar-refractivity contribution in [2.24, 2.45) is 0 Å². The van der Waals surface area contributed by atoms with Gasteiger partial charge in [0.1, 0.15) is 0 Å². The van der Waals surface area contributed by atoms with Crippen LogP contribution >= 0.6 is 11.8 Å². The van der Waals surface area contributed by atoms with Crippen molar-refractivity contribution < 1.29 is 26.4 Å². The minimum absolute atomic E-state index is 0.0848. The smallest absolute Gasteiger partial charge is 0.369 e. The highest BCUT2D eigenvalue weighted by Crippen LogP contribution is 2.34. The van der Waals surface area contributed by atoms with Gasteiger partial charge in [0.05, 0.1) is 16.1 Å². The van der Waals surface area contributed by atoms with Gasteiger partial charge < -0.3 is 10.2 Å². The molecule has 0 atom stereocenters. The van der Waals surface area contributed by atoms with Gasteiger partial charge in [-0.1, -0.05) is 6.07 Å². The molecule has 6 nitrogen and oxygen atoms in total. The Hall–Kier alpha value is -2.24. The van der Waals surface area contributed by atoms with Gasteiger partial charge in [-0.15, -0.1) is 11.8 Å². The van der Waals surface area contributed by atoms with E-state index in [9.17, 15) is 26.4 Å². The molecule has 0 radical (unpaired) electrons. The summed E-state index contributed by atoms with van der Waals surface area (Å²) in [5.41, 5.74) is 0.165. The Morgan fingerprint density at radius 2 is 1.74 bits per heavy atom. The highest BCUT2D eigenvalue weighted by molar-refractivity contribution is 7.99. The number of fused-ring (bicyclic) bond motifs is 1. The molecule has 1 saturated heterocycles. The van der Waals surface area contributed by atoms with Crippen LogP contribution in [-0.4, -0.2) is 50.6 Å². The minimum Gasteiger partial charge on any atom is -0.369 e. The second-order valence-corrected chi connectivity index (χ2v) is 10.3. The first kappa shape index (κ1) is 22.0. The van der Waals surface area contributed by atoms with Crippen LogP contribution in [0.1, 0.15) is 12.0 Å². The summed E-state index contributed by atoms with van der Waals surface area (Å²) in [6.07, 6.45) is -4.07. The number of anilines is 2. The molecule has 2 aromatic rings. The first-order chi connectivity index (χ1) is 14.6. The number of benzene rings is 2. The molecule has 4 rings (SSSR count). The van der Waals surface area contributed by atoms with Gasteiger partial charge in [0.2, 0.25) is 15.9 Å². The third-order valence-corrected chi connectivity index (χ3v) is 8.20. The number of hydrogen-bond acceptors (Lipinski definition) is 5. The Labute approximate surface area is 182 Å². The lowest BCUT2D eigenvalue weighted by molar-refractivity contribution is -0.137. The largest absolute Gasteiger partial charge is 0.416 e. The van der Waals surface area contributed by atoms with Gasteiger partial charge in [-0.3, -0.25) is 4.79 Å². The van der Waals surface area contributed by atoms with Crippen molar-refractivity contribution >= 4 is 39.1 Å². The molecule has 11 heteroatoms. The predicted molar refractivity (Wildman–Crippen MR) is 113 cm³/mol. The van der Waals surface area contributed by atoms with Crippen molar-refractivity contribution in [1.82, 2.24) is 4.31 Å². The fourth-order valence-corrected chi connectivity index (χ4v) is 5.96. The maximum absolute atomic E-state index is 13.1. The highest BCUT2D eigenvalue weighted by Gasteiger charge is 2.32. The molecule has 1 amide bonds. The van der Waals surface area contributed by atoms with Crippen molar-refractivity contribution in [3.05, 3.63) is 48.0 Å². The van der Waals surface area contributed by atoms with Gasteiger partial charge in [0.25, 0.3) is 0 Å². The number of nitrogens with one attached hydrogen (secondary N) is 1. The summed E-state index contributed by atoms with van der Waals surface area (Å²) in [4.78, 5) is 14.5. The van der Waals surface area contributed by atoms with Crippen LogP contribution in [-0.2, 0) is 21.0 Å². The van der Waals surface area contributed by atoms with E-state index < -0.39 is 21.8 Å². The predicted octanol–water partition coefficient (Wildman–Crippen LogP) is 3.65. The van der Waals surface area contributed by atoms with Crippen molar-refractivity contribution in [3.63, 3.8) is 0 Å². The van der Waals surface area contributed by atoms with Crippen LogP contribution in [0.4, 0.5) is 24.5 Å². The van der Waals surface area contributed by atoms with Crippen LogP contribution < -0.4 is 10.2 Å². The Morgan fingerprint density at radius 3 is 2.45 bits per heavy atom. The van der Waals surface area contributed by atoms with Gasteiger partial charge >= 0.3 is 6.18 Å². The highest BCUT2D eigenvalue weighted by atomic mass is 32.2. The van der Waals surface area contributed by atoms with Crippen molar-refractivity contribution in [2.75, 3.05) is 42.1 Å². The molecule has 2 aliphatic heterocycles. The van der Waals surface area contributed by atoms with E-state index in [2.05, 4.69) is 5.32 Å². The first-order valence-corrected chi connectivity index (χ1v) is 12.1. The summed E-state index contributed by atoms with van der Waals surface area (Å²) in [6.45, 7) is 0.851. The molecule has 0 saturated carbocycles. The van der Waals surface area contributed by atoms with E-state index in [1.54, 1.807) is 17.0 Å². The normalized spacial score (nSPS) is 18.3. The van der Waals surface area contributed by atoms with E-state index in [1.807, 2.05) is 0 Å². The molecule has 0 bridgehead atoms. The van der Waals surface area contributed by atoms with Gasteiger partial charge in [0.15, 0.2) is 0 Å². The number of piperazine rings is 1. The number of rotatable bonds is 3. The van der Waals surface area contributed by atoms with Crippen LogP contribution in [0.25, 0.3) is 0 Å². The van der Waals surface area contributed by atoms with Crippen molar-refractivity contribution in [2.45, 2.75) is 22.4 Å². The molecule has 1 fully saturated rings. The Balaban J connectivity index is 1.49. The number of carbonyl (C=O) groups is 1. The Kier molecular flexibility index (Phi) is 5.93. The quantitative estimate of drug-likeness (QED) is 0.740. The molecule has 0 aromatic heterocycles. The van der Waals surface area contributed by atoms with Crippen molar-refractivity contribution in [1.29, 1.82) is 0 Å². The van der Waals surface area contributed by atoms with Crippen LogP contribution in [0.2, 0.25) is 0 Å². The molecule has 2 aliphatic rings. The molecule has 2 aromatic carbocycles. The lowest BCUT2D eigenvalue weighted by Gasteiger charge is -2.35. The molecule has 2 heterocycles. The lowest BCUT2D eigenvalue weighted by atomic mass is 10.1. The summed E-state index contributed by atoms with van der Waals surface area (Å²) < 4.78 is 66.5. The maximum Gasteiger partial charge on any atom is 0.416 e. The zero-order valence-electron chi connectivity index (χ0n) is 16.4. The summed E-state index contributed by atoms with van der Waals surface area (Å²) in [5.74, 6) is 0.470. The molecule has 31 heavy (non-hydrogen) atoms. The molecular formula is C20H20F3N3O3S2. The first-order valence-electron chi connectivity index (χ1n) is 9.64. The summed E-state index contributed by atoms with van der Waals surface area (Å²) in [5, 5.41) is 2.74. The van der Waals surface area contributed by atoms with Crippen LogP contribution in [0.15, 0.2) is 52.3 Å². The molecule has 0 unspecified atom stereocenters. The summed E-state index contributed by atoms with van der Waals surface area (Å²) in [6, 6.07) is 9.72. The van der Waals surface area contributed by atoms with E-state index >= 15 is 0 Å². The SMILES string of the molecule is O=C1CCSc2ccc(S(=O)(=O)N3CCN(c4cccc(C(F)(F)F)c4)CC3)cc2N1. The maximum atomic E-state index is 13.1. The minimum atomic E-state index is -4.43. The standard InChI is InChI=1S/C20H20F3N3O3S2/c21-20(22,23)14-2-1-3-15(12-14)25-7-9-26(10-8-25)31(28,29)16-4-5-18-17(13-16)24-19(27)6-11-30-18/h1-5,12-13H,6-11H2,(H,24,27). The zero-order chi connectivity index (χ0) is 22.2. The average molecular weight is 472 g/mol. The van der Waals surface area contributed by atoms with Crippen molar-refractivity contribution in [3.8, 4) is 0 Å². The molecule has 1 N–H and O–H groups in total. The number of thioether (sulfide) groups is 1. The van der Waals surface area contributed by atoms with Crippen LogP contribution in [0, 0.1) is 0 Å². The number of halogens is 3. The second kappa shape index (κ2) is 8.36. The molecule has 0 spiro atoms. The third-order valence-electron chi connectivity index (χ3n) is 5.23. The number of carbonyl (C=O) groups excluding carboxylic acids is 1. The topological polar surface area (TPSA) is 69.7 Å². The van der Waals surface area contributed by atoms with E-state index in [4.69, 9.17) is 0 Å². The molecular weight excluding hydrogens is 451 g/mol.